The molecule has 38 heavy (non-hydrogen) atoms. The summed E-state index contributed by atoms with van der Waals surface area (Å²) in [6.45, 7) is 1.93. The van der Waals surface area contributed by atoms with Crippen molar-refractivity contribution in [1.82, 2.24) is 9.80 Å². The number of carbonyl (C=O) groups excluding carboxylic acids is 1. The zero-order valence-corrected chi connectivity index (χ0v) is 22.9. The Morgan fingerprint density at radius 1 is 1.18 bits per heavy atom. The van der Waals surface area contributed by atoms with Crippen molar-refractivity contribution >= 4 is 35.2 Å². The van der Waals surface area contributed by atoms with Crippen LogP contribution < -0.4 is 4.74 Å². The summed E-state index contributed by atoms with van der Waals surface area (Å²) in [5.74, 6) is 1.20. The van der Waals surface area contributed by atoms with Gasteiger partial charge in [0, 0.05) is 31.3 Å². The largest absolute Gasteiger partial charge is 0.504 e. The Morgan fingerprint density at radius 3 is 2.76 bits per heavy atom. The molecule has 3 fully saturated rings. The summed E-state index contributed by atoms with van der Waals surface area (Å²) in [7, 11) is 1.81. The Labute approximate surface area is 232 Å². The standard InChI is InChI=1S/C30H32Cl2N2O4/c1-33(25(36)9-5-17-4-7-20(31)21(32)14-17)22-10-11-30(37)24-15-19-6-8-23(35)27-26(19)29(30,28(22)38-27)12-13-34(24)16-18-2-3-18/h4-9,14,18,22,24,28,35,37H,2-3,10-13,15-16H2,1H3/b9-5+/t22-,24+,28+,29+,30-/m1/s1. The molecule has 2 saturated carbocycles. The van der Waals surface area contributed by atoms with Crippen molar-refractivity contribution in [3.8, 4) is 11.5 Å². The molecular weight excluding hydrogens is 523 g/mol. The second kappa shape index (κ2) is 8.62. The molecule has 3 aliphatic carbocycles. The molecule has 5 aliphatic rings. The van der Waals surface area contributed by atoms with Crippen molar-refractivity contribution in [1.29, 1.82) is 0 Å². The lowest BCUT2D eigenvalue weighted by Crippen LogP contribution is -2.78. The van der Waals surface area contributed by atoms with Gasteiger partial charge in [-0.15, -0.1) is 0 Å². The third-order valence-corrected chi connectivity index (χ3v) is 10.7. The lowest BCUT2D eigenvalue weighted by Gasteiger charge is -2.64. The Bertz CT molecular complexity index is 1360. The van der Waals surface area contributed by atoms with E-state index in [0.717, 1.165) is 48.5 Å². The summed E-state index contributed by atoms with van der Waals surface area (Å²) < 4.78 is 6.60. The molecule has 2 aromatic rings. The number of likely N-dealkylation sites (tertiary alicyclic amines) is 1. The fourth-order valence-electron chi connectivity index (χ4n) is 7.92. The van der Waals surface area contributed by atoms with Gasteiger partial charge in [0.05, 0.1) is 27.1 Å². The first kappa shape index (κ1) is 24.8. The van der Waals surface area contributed by atoms with Crippen LogP contribution in [0.4, 0.5) is 0 Å². The van der Waals surface area contributed by atoms with Gasteiger partial charge < -0.3 is 19.8 Å². The molecule has 2 aromatic carbocycles. The van der Waals surface area contributed by atoms with Crippen LogP contribution in [-0.2, 0) is 16.6 Å². The topological polar surface area (TPSA) is 73.2 Å². The number of halogens is 2. The third kappa shape index (κ3) is 3.43. The number of piperidine rings is 1. The molecule has 0 unspecified atom stereocenters. The van der Waals surface area contributed by atoms with Crippen LogP contribution in [0.15, 0.2) is 36.4 Å². The molecule has 0 radical (unpaired) electrons. The molecule has 0 aromatic heterocycles. The highest BCUT2D eigenvalue weighted by Crippen LogP contribution is 2.66. The van der Waals surface area contributed by atoms with E-state index in [-0.39, 0.29) is 23.7 Å². The maximum atomic E-state index is 13.4. The number of rotatable bonds is 5. The molecule has 200 valence electrons. The molecule has 1 saturated heterocycles. The van der Waals surface area contributed by atoms with E-state index in [1.165, 1.54) is 12.8 Å². The molecular formula is C30H32Cl2N2O4. The average molecular weight is 556 g/mol. The Balaban J connectivity index is 1.23. The summed E-state index contributed by atoms with van der Waals surface area (Å²) >= 11 is 12.2. The van der Waals surface area contributed by atoms with Gasteiger partial charge in [0.1, 0.15) is 6.10 Å². The lowest BCUT2D eigenvalue weighted by atomic mass is 9.48. The average Bonchev–Trinajstić information content (AvgIpc) is 3.64. The number of ether oxygens (including phenoxy) is 1. The predicted molar refractivity (Wildman–Crippen MR) is 147 cm³/mol. The second-order valence-corrected chi connectivity index (χ2v) is 12.7. The van der Waals surface area contributed by atoms with Crippen molar-refractivity contribution in [3.05, 3.63) is 63.1 Å². The van der Waals surface area contributed by atoms with E-state index in [2.05, 4.69) is 4.90 Å². The normalized spacial score (nSPS) is 33.2. The number of hydrogen-bond acceptors (Lipinski definition) is 5. The smallest absolute Gasteiger partial charge is 0.246 e. The van der Waals surface area contributed by atoms with Crippen molar-refractivity contribution in [3.63, 3.8) is 0 Å². The first-order valence-electron chi connectivity index (χ1n) is 13.6. The van der Waals surface area contributed by atoms with E-state index in [0.29, 0.717) is 28.6 Å². The van der Waals surface area contributed by atoms with Crippen molar-refractivity contribution in [2.75, 3.05) is 20.1 Å². The first-order valence-corrected chi connectivity index (χ1v) is 14.4. The molecule has 2 bridgehead atoms. The number of aliphatic hydroxyl groups is 1. The van der Waals surface area contributed by atoms with Gasteiger partial charge in [-0.1, -0.05) is 35.3 Å². The maximum absolute atomic E-state index is 13.4. The number of hydrogen-bond donors (Lipinski definition) is 2. The summed E-state index contributed by atoms with van der Waals surface area (Å²) in [6.07, 6.45) is 8.13. The number of benzene rings is 2. The van der Waals surface area contributed by atoms with Gasteiger partial charge in [0.15, 0.2) is 11.5 Å². The molecule has 2 N–H and O–H groups in total. The van der Waals surface area contributed by atoms with E-state index in [1.54, 1.807) is 35.3 Å². The number of likely N-dealkylation sites (N-methyl/N-ethyl adjacent to an activating group) is 1. The second-order valence-electron chi connectivity index (χ2n) is 11.9. The Hall–Kier alpha value is -2.25. The SMILES string of the molecule is CN(C(=O)/C=C/c1ccc(Cl)c(Cl)c1)[C@@H]1CC[C@@]2(O)[C@@H]3Cc4ccc(O)c5c4[C@@]2(CCN3CC2CC2)[C@H]1O5. The summed E-state index contributed by atoms with van der Waals surface area (Å²) in [5, 5.41) is 24.3. The highest BCUT2D eigenvalue weighted by molar-refractivity contribution is 6.42. The summed E-state index contributed by atoms with van der Waals surface area (Å²) in [5.41, 5.74) is 1.31. The van der Waals surface area contributed by atoms with Crippen LogP contribution in [0, 0.1) is 5.92 Å². The molecule has 1 amide bonds. The first-order chi connectivity index (χ1) is 18.2. The maximum Gasteiger partial charge on any atom is 0.246 e. The van der Waals surface area contributed by atoms with Gasteiger partial charge in [0.25, 0.3) is 0 Å². The van der Waals surface area contributed by atoms with Crippen LogP contribution in [0.5, 0.6) is 11.5 Å². The Kier molecular flexibility index (Phi) is 5.62. The highest BCUT2D eigenvalue weighted by atomic mass is 35.5. The number of phenols is 1. The van der Waals surface area contributed by atoms with Gasteiger partial charge in [0.2, 0.25) is 5.91 Å². The van der Waals surface area contributed by atoms with Gasteiger partial charge in [-0.25, -0.2) is 0 Å². The third-order valence-electron chi connectivity index (χ3n) is 9.94. The van der Waals surface area contributed by atoms with Crippen molar-refractivity contribution < 1.29 is 19.7 Å². The van der Waals surface area contributed by atoms with E-state index >= 15 is 0 Å². The molecule has 2 heterocycles. The predicted octanol–water partition coefficient (Wildman–Crippen LogP) is 4.80. The molecule has 2 aliphatic heterocycles. The minimum Gasteiger partial charge on any atom is -0.504 e. The van der Waals surface area contributed by atoms with Crippen LogP contribution in [0.25, 0.3) is 6.08 Å². The monoisotopic (exact) mass is 554 g/mol. The van der Waals surface area contributed by atoms with Gasteiger partial charge in [-0.2, -0.15) is 0 Å². The summed E-state index contributed by atoms with van der Waals surface area (Å²) in [6, 6.07) is 8.76. The van der Waals surface area contributed by atoms with Crippen molar-refractivity contribution in [2.45, 2.75) is 67.7 Å². The number of amides is 1. The quantitative estimate of drug-likeness (QED) is 0.519. The van der Waals surface area contributed by atoms with E-state index < -0.39 is 17.1 Å². The van der Waals surface area contributed by atoms with E-state index in [4.69, 9.17) is 27.9 Å². The van der Waals surface area contributed by atoms with Crippen molar-refractivity contribution in [2.24, 2.45) is 5.92 Å². The Morgan fingerprint density at radius 2 is 2.00 bits per heavy atom. The zero-order valence-electron chi connectivity index (χ0n) is 21.4. The number of carbonyl (C=O) groups is 1. The number of nitrogens with zero attached hydrogens (tertiary/aromatic N) is 2. The molecule has 8 heteroatoms. The lowest BCUT2D eigenvalue weighted by molar-refractivity contribution is -0.200. The van der Waals surface area contributed by atoms with Crippen LogP contribution in [0.2, 0.25) is 10.0 Å². The van der Waals surface area contributed by atoms with Crippen LogP contribution >= 0.6 is 23.2 Å². The number of aromatic hydroxyl groups is 1. The van der Waals surface area contributed by atoms with Gasteiger partial charge >= 0.3 is 0 Å². The minimum absolute atomic E-state index is 0.0162. The fourth-order valence-corrected chi connectivity index (χ4v) is 8.22. The molecule has 5 atom stereocenters. The van der Waals surface area contributed by atoms with E-state index in [9.17, 15) is 15.0 Å². The van der Waals surface area contributed by atoms with Crippen LogP contribution in [0.1, 0.15) is 48.8 Å². The van der Waals surface area contributed by atoms with Gasteiger partial charge in [-0.05, 0) is 86.4 Å². The zero-order chi connectivity index (χ0) is 26.4. The minimum atomic E-state index is -0.965. The summed E-state index contributed by atoms with van der Waals surface area (Å²) in [4.78, 5) is 17.7. The van der Waals surface area contributed by atoms with E-state index in [1.807, 2.05) is 19.2 Å². The van der Waals surface area contributed by atoms with Crippen LogP contribution in [-0.4, -0.2) is 69.8 Å². The van der Waals surface area contributed by atoms with Gasteiger partial charge in [-0.3, -0.25) is 9.69 Å². The molecule has 7 rings (SSSR count). The highest BCUT2D eigenvalue weighted by Gasteiger charge is 2.73. The number of phenolic OH excluding ortho intramolecular Hbond substituents is 1. The molecule has 6 nitrogen and oxygen atoms in total. The van der Waals surface area contributed by atoms with Crippen LogP contribution in [0.3, 0.4) is 0 Å². The molecule has 1 spiro atoms. The fraction of sp³-hybridized carbons (Fsp3) is 0.500.